The minimum atomic E-state index is -0.220. The number of hydrogen-bond acceptors (Lipinski definition) is 5. The predicted octanol–water partition coefficient (Wildman–Crippen LogP) is 3.97. The molecular formula is C19H18N2O3S. The second-order valence-corrected chi connectivity index (χ2v) is 5.79. The second kappa shape index (κ2) is 9.40. The van der Waals surface area contributed by atoms with E-state index in [0.29, 0.717) is 11.5 Å². The summed E-state index contributed by atoms with van der Waals surface area (Å²) in [5.41, 5.74) is 1.54. The molecule has 0 fully saturated rings. The van der Waals surface area contributed by atoms with Crippen molar-refractivity contribution in [1.29, 1.82) is 5.26 Å². The van der Waals surface area contributed by atoms with Crippen LogP contribution in [0.15, 0.2) is 53.4 Å². The van der Waals surface area contributed by atoms with Crippen molar-refractivity contribution in [2.45, 2.75) is 4.90 Å². The number of amides is 1. The van der Waals surface area contributed by atoms with Crippen LogP contribution in [0.5, 0.6) is 11.5 Å². The Balaban J connectivity index is 2.05. The molecule has 2 aromatic carbocycles. The first-order chi connectivity index (χ1) is 12.2. The molecule has 0 aliphatic carbocycles. The van der Waals surface area contributed by atoms with Crippen molar-refractivity contribution in [2.24, 2.45) is 0 Å². The lowest BCUT2D eigenvalue weighted by Gasteiger charge is -2.08. The van der Waals surface area contributed by atoms with E-state index in [-0.39, 0.29) is 12.5 Å². The van der Waals surface area contributed by atoms with E-state index in [1.807, 2.05) is 36.6 Å². The zero-order chi connectivity index (χ0) is 18.1. The molecule has 0 radical (unpaired) electrons. The van der Waals surface area contributed by atoms with Gasteiger partial charge in [-0.3, -0.25) is 4.79 Å². The Labute approximate surface area is 151 Å². The maximum Gasteiger partial charge on any atom is 0.248 e. The molecule has 0 spiro atoms. The summed E-state index contributed by atoms with van der Waals surface area (Å²) in [4.78, 5) is 13.1. The maximum atomic E-state index is 12.1. The van der Waals surface area contributed by atoms with Crippen LogP contribution in [-0.2, 0) is 4.79 Å². The Bertz CT molecular complexity index is 813. The highest BCUT2D eigenvalue weighted by atomic mass is 32.2. The molecule has 0 aliphatic rings. The zero-order valence-electron chi connectivity index (χ0n) is 14.0. The van der Waals surface area contributed by atoms with Crippen LogP contribution in [0.1, 0.15) is 5.56 Å². The topological polar surface area (TPSA) is 71.3 Å². The molecule has 0 atom stereocenters. The van der Waals surface area contributed by atoms with Gasteiger partial charge in [-0.2, -0.15) is 5.26 Å². The van der Waals surface area contributed by atoms with E-state index in [1.165, 1.54) is 13.2 Å². The highest BCUT2D eigenvalue weighted by molar-refractivity contribution is 7.98. The summed E-state index contributed by atoms with van der Waals surface area (Å²) < 4.78 is 10.5. The number of ether oxygens (including phenoxy) is 2. The van der Waals surface area contributed by atoms with Gasteiger partial charge in [-0.15, -0.1) is 11.8 Å². The van der Waals surface area contributed by atoms with Gasteiger partial charge >= 0.3 is 0 Å². The van der Waals surface area contributed by atoms with Crippen LogP contribution >= 0.6 is 11.8 Å². The number of hydrogen-bond donors (Lipinski definition) is 1. The average molecular weight is 354 g/mol. The van der Waals surface area contributed by atoms with Gasteiger partial charge in [0.1, 0.15) is 6.07 Å². The summed E-state index contributed by atoms with van der Waals surface area (Å²) in [7, 11) is 1.52. The fourth-order valence-electron chi connectivity index (χ4n) is 2.07. The lowest BCUT2D eigenvalue weighted by molar-refractivity contribution is -0.111. The quantitative estimate of drug-likeness (QED) is 0.602. The van der Waals surface area contributed by atoms with Gasteiger partial charge in [-0.25, -0.2) is 0 Å². The van der Waals surface area contributed by atoms with Gasteiger partial charge < -0.3 is 14.8 Å². The van der Waals surface area contributed by atoms with E-state index in [2.05, 4.69) is 5.32 Å². The SMILES string of the molecule is COc1cc(C=CC(=O)Nc2cccc(SC)c2)ccc1OCC#N. The van der Waals surface area contributed by atoms with Crippen LogP contribution in [0.3, 0.4) is 0 Å². The van der Waals surface area contributed by atoms with E-state index in [1.54, 1.807) is 36.0 Å². The Hall–Kier alpha value is -2.91. The molecule has 0 heterocycles. The Morgan fingerprint density at radius 3 is 2.84 bits per heavy atom. The fraction of sp³-hybridized carbons (Fsp3) is 0.158. The van der Waals surface area contributed by atoms with E-state index in [0.717, 1.165) is 16.1 Å². The second-order valence-electron chi connectivity index (χ2n) is 4.91. The van der Waals surface area contributed by atoms with Crippen LogP contribution in [-0.4, -0.2) is 25.9 Å². The lowest BCUT2D eigenvalue weighted by atomic mass is 10.2. The summed E-state index contributed by atoms with van der Waals surface area (Å²) in [6.45, 7) is -0.0525. The summed E-state index contributed by atoms with van der Waals surface area (Å²) in [6, 6.07) is 14.8. The number of anilines is 1. The molecule has 1 N–H and O–H groups in total. The van der Waals surface area contributed by atoms with E-state index < -0.39 is 0 Å². The third-order valence-electron chi connectivity index (χ3n) is 3.24. The average Bonchev–Trinajstić information content (AvgIpc) is 2.65. The molecule has 0 unspecified atom stereocenters. The summed E-state index contributed by atoms with van der Waals surface area (Å²) in [6.07, 6.45) is 5.12. The highest BCUT2D eigenvalue weighted by Crippen LogP contribution is 2.28. The van der Waals surface area contributed by atoms with E-state index in [9.17, 15) is 4.79 Å². The fourth-order valence-corrected chi connectivity index (χ4v) is 2.53. The molecule has 0 saturated carbocycles. The van der Waals surface area contributed by atoms with Gasteiger partial charge in [-0.05, 0) is 48.2 Å². The van der Waals surface area contributed by atoms with Gasteiger partial charge in [0.05, 0.1) is 7.11 Å². The van der Waals surface area contributed by atoms with Crippen LogP contribution in [0.2, 0.25) is 0 Å². The number of methoxy groups -OCH3 is 1. The standard InChI is InChI=1S/C19H18N2O3S/c1-23-18-12-14(6-8-17(18)24-11-10-20)7-9-19(22)21-15-4-3-5-16(13-15)25-2/h3-9,12-13H,11H2,1-2H3,(H,21,22). The monoisotopic (exact) mass is 354 g/mol. The van der Waals surface area contributed by atoms with Gasteiger partial charge in [0.15, 0.2) is 18.1 Å². The number of carbonyl (C=O) groups is 1. The molecule has 25 heavy (non-hydrogen) atoms. The third-order valence-corrected chi connectivity index (χ3v) is 3.97. The predicted molar refractivity (Wildman–Crippen MR) is 100.0 cm³/mol. The molecule has 2 rings (SSSR count). The smallest absolute Gasteiger partial charge is 0.248 e. The zero-order valence-corrected chi connectivity index (χ0v) is 14.8. The van der Waals surface area contributed by atoms with Crippen molar-refractivity contribution in [3.8, 4) is 17.6 Å². The van der Waals surface area contributed by atoms with Gasteiger partial charge in [0.25, 0.3) is 0 Å². The number of nitriles is 1. The molecule has 2 aromatic rings. The minimum Gasteiger partial charge on any atom is -0.493 e. The third kappa shape index (κ3) is 5.59. The number of carbonyl (C=O) groups excluding carboxylic acids is 1. The normalized spacial score (nSPS) is 10.3. The van der Waals surface area contributed by atoms with Crippen LogP contribution in [0, 0.1) is 11.3 Å². The minimum absolute atomic E-state index is 0.0525. The largest absolute Gasteiger partial charge is 0.493 e. The molecule has 6 heteroatoms. The number of benzene rings is 2. The number of thioether (sulfide) groups is 1. The van der Waals surface area contributed by atoms with E-state index in [4.69, 9.17) is 14.7 Å². The van der Waals surface area contributed by atoms with Gasteiger partial charge in [0.2, 0.25) is 5.91 Å². The summed E-state index contributed by atoms with van der Waals surface area (Å²) >= 11 is 1.62. The van der Waals surface area contributed by atoms with Gasteiger partial charge in [0, 0.05) is 16.7 Å². The molecule has 0 aromatic heterocycles. The molecule has 0 aliphatic heterocycles. The first-order valence-corrected chi connectivity index (χ1v) is 8.69. The van der Waals surface area contributed by atoms with Gasteiger partial charge in [-0.1, -0.05) is 12.1 Å². The number of nitrogens with one attached hydrogen (secondary N) is 1. The van der Waals surface area contributed by atoms with Crippen molar-refractivity contribution in [2.75, 3.05) is 25.3 Å². The molecular weight excluding hydrogens is 336 g/mol. The van der Waals surface area contributed by atoms with Crippen molar-refractivity contribution >= 4 is 29.4 Å². The molecule has 0 bridgehead atoms. The number of nitrogens with zero attached hydrogens (tertiary/aromatic N) is 1. The van der Waals surface area contributed by atoms with Crippen molar-refractivity contribution in [1.82, 2.24) is 0 Å². The van der Waals surface area contributed by atoms with Crippen LogP contribution in [0.25, 0.3) is 6.08 Å². The molecule has 128 valence electrons. The van der Waals surface area contributed by atoms with Crippen LogP contribution < -0.4 is 14.8 Å². The Kier molecular flexibility index (Phi) is 6.93. The Morgan fingerprint density at radius 2 is 2.12 bits per heavy atom. The summed E-state index contributed by atoms with van der Waals surface area (Å²) in [5, 5.41) is 11.4. The van der Waals surface area contributed by atoms with E-state index >= 15 is 0 Å². The lowest BCUT2D eigenvalue weighted by Crippen LogP contribution is -2.07. The highest BCUT2D eigenvalue weighted by Gasteiger charge is 2.05. The van der Waals surface area contributed by atoms with Crippen molar-refractivity contribution in [3.05, 3.63) is 54.1 Å². The molecule has 1 amide bonds. The number of rotatable bonds is 7. The summed E-state index contributed by atoms with van der Waals surface area (Å²) in [5.74, 6) is 0.770. The Morgan fingerprint density at radius 1 is 1.28 bits per heavy atom. The van der Waals surface area contributed by atoms with Crippen molar-refractivity contribution < 1.29 is 14.3 Å². The molecule has 0 saturated heterocycles. The van der Waals surface area contributed by atoms with Crippen molar-refractivity contribution in [3.63, 3.8) is 0 Å². The maximum absolute atomic E-state index is 12.1. The first kappa shape index (κ1) is 18.4. The first-order valence-electron chi connectivity index (χ1n) is 7.47. The molecule has 5 nitrogen and oxygen atoms in total. The van der Waals surface area contributed by atoms with Crippen LogP contribution in [0.4, 0.5) is 5.69 Å².